The molecule has 130 valence electrons. The van der Waals surface area contributed by atoms with Crippen LogP contribution in [0.15, 0.2) is 0 Å². The zero-order valence-electron chi connectivity index (χ0n) is 14.1. The van der Waals surface area contributed by atoms with E-state index in [1.165, 1.54) is 4.31 Å². The molecule has 0 aliphatic heterocycles. The van der Waals surface area contributed by atoms with Gasteiger partial charge in [0.05, 0.1) is 9.49 Å². The number of sulfonamides is 2. The van der Waals surface area contributed by atoms with Gasteiger partial charge in [-0.15, -0.1) is 0 Å². The van der Waals surface area contributed by atoms with E-state index < -0.39 is 35.1 Å². The van der Waals surface area contributed by atoms with E-state index in [1.54, 1.807) is 34.7 Å². The van der Waals surface area contributed by atoms with E-state index >= 15 is 0 Å². The highest BCUT2D eigenvalue weighted by molar-refractivity contribution is 7.91. The van der Waals surface area contributed by atoms with Gasteiger partial charge in [-0.25, -0.2) is 25.9 Å². The summed E-state index contributed by atoms with van der Waals surface area (Å²) < 4.78 is 52.2. The number of rotatable bonds is 8. The molecule has 2 aliphatic carbocycles. The van der Waals surface area contributed by atoms with Crippen LogP contribution in [0.1, 0.15) is 59.8 Å². The van der Waals surface area contributed by atoms with Crippen LogP contribution < -0.4 is 4.72 Å². The summed E-state index contributed by atoms with van der Waals surface area (Å²) in [6, 6.07) is 0. The fourth-order valence-electron chi connectivity index (χ4n) is 2.35. The molecule has 6 nitrogen and oxygen atoms in total. The molecule has 0 radical (unpaired) electrons. The fraction of sp³-hybridized carbons (Fsp3) is 1.00. The molecule has 2 aliphatic rings. The molecule has 22 heavy (non-hydrogen) atoms. The number of nitrogens with zero attached hydrogens (tertiary/aromatic N) is 1. The lowest BCUT2D eigenvalue weighted by Gasteiger charge is -2.30. The Morgan fingerprint density at radius 2 is 1.45 bits per heavy atom. The van der Waals surface area contributed by atoms with Gasteiger partial charge in [0.15, 0.2) is 0 Å². The first-order chi connectivity index (χ1) is 9.75. The minimum absolute atomic E-state index is 0.310. The Morgan fingerprint density at radius 3 is 1.86 bits per heavy atom. The van der Waals surface area contributed by atoms with Crippen LogP contribution in [-0.4, -0.2) is 49.8 Å². The maximum atomic E-state index is 12.4. The molecule has 0 aromatic rings. The second-order valence-corrected chi connectivity index (χ2v) is 12.7. The van der Waals surface area contributed by atoms with Crippen LogP contribution in [0, 0.1) is 0 Å². The van der Waals surface area contributed by atoms with Gasteiger partial charge in [0.2, 0.25) is 20.0 Å². The van der Waals surface area contributed by atoms with E-state index in [9.17, 15) is 16.8 Å². The molecule has 2 rings (SSSR count). The van der Waals surface area contributed by atoms with Crippen LogP contribution in [0.4, 0.5) is 0 Å². The predicted octanol–water partition coefficient (Wildman–Crippen LogP) is 1.44. The molecule has 0 aromatic carbocycles. The van der Waals surface area contributed by atoms with Gasteiger partial charge in [-0.1, -0.05) is 0 Å². The molecule has 0 aromatic heterocycles. The molecule has 0 unspecified atom stereocenters. The van der Waals surface area contributed by atoms with Crippen LogP contribution in [0.5, 0.6) is 0 Å². The molecular weight excluding hydrogens is 324 g/mol. The van der Waals surface area contributed by atoms with Gasteiger partial charge in [-0.05, 0) is 59.8 Å². The lowest BCUT2D eigenvalue weighted by Crippen LogP contribution is -2.49. The number of nitrogens with one attached hydrogen (secondary N) is 1. The molecule has 0 spiro atoms. The van der Waals surface area contributed by atoms with E-state index in [1.807, 2.05) is 0 Å². The first-order valence-corrected chi connectivity index (χ1v) is 10.7. The van der Waals surface area contributed by atoms with Crippen molar-refractivity contribution in [1.29, 1.82) is 0 Å². The minimum atomic E-state index is -3.36. The second-order valence-electron chi connectivity index (χ2n) is 7.97. The van der Waals surface area contributed by atoms with Gasteiger partial charge in [-0.2, -0.15) is 0 Å². The quantitative estimate of drug-likeness (QED) is 0.716. The Balaban J connectivity index is 1.95. The average molecular weight is 353 g/mol. The zero-order valence-corrected chi connectivity index (χ0v) is 15.8. The predicted molar refractivity (Wildman–Crippen MR) is 87.6 cm³/mol. The molecule has 0 bridgehead atoms. The third kappa shape index (κ3) is 3.34. The van der Waals surface area contributed by atoms with Gasteiger partial charge in [0.25, 0.3) is 0 Å². The van der Waals surface area contributed by atoms with Crippen LogP contribution >= 0.6 is 0 Å². The lowest BCUT2D eigenvalue weighted by atomic mass is 10.0. The van der Waals surface area contributed by atoms with Crippen molar-refractivity contribution >= 4 is 20.0 Å². The summed E-state index contributed by atoms with van der Waals surface area (Å²) >= 11 is 0. The maximum absolute atomic E-state index is 12.4. The first-order valence-electron chi connectivity index (χ1n) is 7.74. The lowest BCUT2D eigenvalue weighted by molar-refractivity contribution is 0.363. The standard InChI is InChI=1S/C14H28N2O4S2/c1-12(2,15-21(17,18)13(3)6-7-13)10-11-16(5)22(19,20)14(4)8-9-14/h15H,6-11H2,1-5H3. The van der Waals surface area contributed by atoms with Crippen LogP contribution in [0.3, 0.4) is 0 Å². The molecule has 0 heterocycles. The summed E-state index contributed by atoms with van der Waals surface area (Å²) in [7, 11) is -5.08. The van der Waals surface area contributed by atoms with Crippen LogP contribution in [-0.2, 0) is 20.0 Å². The third-order valence-corrected chi connectivity index (χ3v) is 10.2. The van der Waals surface area contributed by atoms with Gasteiger partial charge in [-0.3, -0.25) is 0 Å². The van der Waals surface area contributed by atoms with E-state index in [4.69, 9.17) is 0 Å². The van der Waals surface area contributed by atoms with Crippen molar-refractivity contribution in [3.63, 3.8) is 0 Å². The van der Waals surface area contributed by atoms with Crippen LogP contribution in [0.2, 0.25) is 0 Å². The van der Waals surface area contributed by atoms with Crippen molar-refractivity contribution in [3.05, 3.63) is 0 Å². The highest BCUT2D eigenvalue weighted by Gasteiger charge is 2.53. The minimum Gasteiger partial charge on any atom is -0.212 e. The maximum Gasteiger partial charge on any atom is 0.219 e. The van der Waals surface area contributed by atoms with Crippen molar-refractivity contribution < 1.29 is 16.8 Å². The van der Waals surface area contributed by atoms with Gasteiger partial charge in [0.1, 0.15) is 0 Å². The molecule has 2 fully saturated rings. The van der Waals surface area contributed by atoms with Crippen molar-refractivity contribution in [3.8, 4) is 0 Å². The molecule has 0 atom stereocenters. The first kappa shape index (κ1) is 18.2. The summed E-state index contributed by atoms with van der Waals surface area (Å²) in [5.74, 6) is 0. The zero-order chi connectivity index (χ0) is 17.0. The fourth-order valence-corrected chi connectivity index (χ4v) is 5.77. The SMILES string of the molecule is CN(CCC(C)(C)NS(=O)(=O)C1(C)CC1)S(=O)(=O)C1(C)CC1. The smallest absolute Gasteiger partial charge is 0.212 e. The van der Waals surface area contributed by atoms with Crippen molar-refractivity contribution in [2.75, 3.05) is 13.6 Å². The molecule has 0 amide bonds. The summed E-state index contributed by atoms with van der Waals surface area (Å²) in [4.78, 5) is 0. The topological polar surface area (TPSA) is 83.6 Å². The van der Waals surface area contributed by atoms with Crippen molar-refractivity contribution in [1.82, 2.24) is 9.03 Å². The van der Waals surface area contributed by atoms with E-state index in [0.29, 0.717) is 38.6 Å². The van der Waals surface area contributed by atoms with E-state index in [0.717, 1.165) is 0 Å². The molecule has 0 saturated heterocycles. The largest absolute Gasteiger partial charge is 0.219 e. The summed E-state index contributed by atoms with van der Waals surface area (Å²) in [6.07, 6.45) is 3.21. The Morgan fingerprint density at radius 1 is 1.00 bits per heavy atom. The summed E-state index contributed by atoms with van der Waals surface area (Å²) in [5.41, 5.74) is -0.668. The number of hydrogen-bond acceptors (Lipinski definition) is 4. The average Bonchev–Trinajstić information content (AvgIpc) is 3.25. The molecule has 1 N–H and O–H groups in total. The second kappa shape index (κ2) is 5.16. The Bertz CT molecular complexity index is 644. The third-order valence-electron chi connectivity index (χ3n) is 5.05. The Kier molecular flexibility index (Phi) is 4.26. The summed E-state index contributed by atoms with van der Waals surface area (Å²) in [5, 5.41) is 0. The highest BCUT2D eigenvalue weighted by Crippen LogP contribution is 2.44. The normalized spacial score (nSPS) is 23.5. The van der Waals surface area contributed by atoms with Gasteiger partial charge in [0, 0.05) is 19.1 Å². The van der Waals surface area contributed by atoms with Crippen LogP contribution in [0.25, 0.3) is 0 Å². The summed E-state index contributed by atoms with van der Waals surface area (Å²) in [6.45, 7) is 7.42. The Hall–Kier alpha value is -0.180. The van der Waals surface area contributed by atoms with Crippen molar-refractivity contribution in [2.45, 2.75) is 74.8 Å². The van der Waals surface area contributed by atoms with Gasteiger partial charge < -0.3 is 0 Å². The monoisotopic (exact) mass is 352 g/mol. The Labute approximate surface area is 134 Å². The van der Waals surface area contributed by atoms with Gasteiger partial charge >= 0.3 is 0 Å². The molecular formula is C14H28N2O4S2. The van der Waals surface area contributed by atoms with Crippen molar-refractivity contribution in [2.24, 2.45) is 0 Å². The highest BCUT2D eigenvalue weighted by atomic mass is 32.2. The number of hydrogen-bond donors (Lipinski definition) is 1. The van der Waals surface area contributed by atoms with E-state index in [2.05, 4.69) is 4.72 Å². The van der Waals surface area contributed by atoms with E-state index in [-0.39, 0.29) is 0 Å². The molecule has 2 saturated carbocycles. The molecule has 8 heteroatoms.